The first kappa shape index (κ1) is 12.0. The monoisotopic (exact) mass is 238 g/mol. The van der Waals surface area contributed by atoms with Crippen LogP contribution in [0.4, 0.5) is 5.69 Å². The van der Waals surface area contributed by atoms with Gasteiger partial charge in [-0.25, -0.2) is 0 Å². The van der Waals surface area contributed by atoms with Gasteiger partial charge in [0.15, 0.2) is 0 Å². The largest absolute Gasteiger partial charge is 0.497 e. The second-order valence-electron chi connectivity index (χ2n) is 3.89. The summed E-state index contributed by atoms with van der Waals surface area (Å²) in [4.78, 5) is 0. The van der Waals surface area contributed by atoms with E-state index < -0.39 is 0 Å². The average Bonchev–Trinajstić information content (AvgIpc) is 2.46. The number of ether oxygens (including phenoxy) is 1. The molecule has 0 fully saturated rings. The molecule has 0 amide bonds. The molecule has 3 nitrogen and oxygen atoms in total. The molecule has 0 aromatic heterocycles. The summed E-state index contributed by atoms with van der Waals surface area (Å²) in [6.45, 7) is 0.721. The lowest BCUT2D eigenvalue weighted by atomic mass is 10.2. The quantitative estimate of drug-likeness (QED) is 0.889. The first-order valence-electron chi connectivity index (χ1n) is 5.69. The highest BCUT2D eigenvalue weighted by atomic mass is 16.5. The molecule has 90 valence electrons. The summed E-state index contributed by atoms with van der Waals surface area (Å²) in [5.41, 5.74) is 2.78. The number of anilines is 1. The van der Waals surface area contributed by atoms with Gasteiger partial charge < -0.3 is 10.1 Å². The molecule has 0 heterocycles. The zero-order valence-corrected chi connectivity index (χ0v) is 10.2. The van der Waals surface area contributed by atoms with Crippen molar-refractivity contribution in [1.29, 1.82) is 5.26 Å². The minimum Gasteiger partial charge on any atom is -0.497 e. The van der Waals surface area contributed by atoms with Crippen LogP contribution in [0.3, 0.4) is 0 Å². The molecule has 2 aromatic rings. The van der Waals surface area contributed by atoms with Crippen LogP contribution in [0.2, 0.25) is 0 Å². The average molecular weight is 238 g/mol. The lowest BCUT2D eigenvalue weighted by Crippen LogP contribution is -1.99. The van der Waals surface area contributed by atoms with E-state index in [-0.39, 0.29) is 0 Å². The van der Waals surface area contributed by atoms with Gasteiger partial charge in [-0.3, -0.25) is 0 Å². The van der Waals surface area contributed by atoms with Gasteiger partial charge in [-0.05, 0) is 35.9 Å². The van der Waals surface area contributed by atoms with Crippen molar-refractivity contribution in [2.24, 2.45) is 0 Å². The van der Waals surface area contributed by atoms with Gasteiger partial charge in [0.2, 0.25) is 0 Å². The van der Waals surface area contributed by atoms with E-state index in [1.807, 2.05) is 42.5 Å². The Morgan fingerprint density at radius 2 is 1.94 bits per heavy atom. The van der Waals surface area contributed by atoms with E-state index in [0.717, 1.165) is 23.5 Å². The predicted molar refractivity (Wildman–Crippen MR) is 71.5 cm³/mol. The summed E-state index contributed by atoms with van der Waals surface area (Å²) in [7, 11) is 1.65. The first-order chi connectivity index (χ1) is 8.81. The Labute approximate surface area is 107 Å². The van der Waals surface area contributed by atoms with Gasteiger partial charge in [0.25, 0.3) is 0 Å². The van der Waals surface area contributed by atoms with Gasteiger partial charge >= 0.3 is 0 Å². The number of hydrogen-bond acceptors (Lipinski definition) is 3. The molecule has 0 spiro atoms. The fourth-order valence-electron chi connectivity index (χ4n) is 1.65. The topological polar surface area (TPSA) is 45.0 Å². The Bertz CT molecular complexity index is 555. The number of benzene rings is 2. The first-order valence-corrected chi connectivity index (χ1v) is 5.69. The number of hydrogen-bond donors (Lipinski definition) is 1. The Balaban J connectivity index is 2.00. The number of methoxy groups -OCH3 is 1. The molecule has 0 saturated carbocycles. The molecule has 0 unspecified atom stereocenters. The third-order valence-corrected chi connectivity index (χ3v) is 2.65. The van der Waals surface area contributed by atoms with Gasteiger partial charge in [-0.2, -0.15) is 5.26 Å². The molecule has 0 aliphatic carbocycles. The van der Waals surface area contributed by atoms with Crippen LogP contribution in [-0.4, -0.2) is 7.11 Å². The molecular formula is C15H14N2O. The van der Waals surface area contributed by atoms with Crippen LogP contribution in [0.5, 0.6) is 5.75 Å². The van der Waals surface area contributed by atoms with Crippen LogP contribution in [-0.2, 0) is 6.54 Å². The maximum atomic E-state index is 8.81. The summed E-state index contributed by atoms with van der Waals surface area (Å²) < 4.78 is 5.11. The lowest BCUT2D eigenvalue weighted by Gasteiger charge is -2.07. The van der Waals surface area contributed by atoms with Crippen LogP contribution in [0, 0.1) is 11.3 Å². The second kappa shape index (κ2) is 5.74. The van der Waals surface area contributed by atoms with Crippen molar-refractivity contribution in [2.45, 2.75) is 6.54 Å². The summed E-state index contributed by atoms with van der Waals surface area (Å²) in [6.07, 6.45) is 0. The van der Waals surface area contributed by atoms with Gasteiger partial charge in [-0.15, -0.1) is 0 Å². The summed E-state index contributed by atoms with van der Waals surface area (Å²) in [6, 6.07) is 17.5. The van der Waals surface area contributed by atoms with Crippen LogP contribution in [0.1, 0.15) is 11.1 Å². The van der Waals surface area contributed by atoms with Crippen molar-refractivity contribution in [3.8, 4) is 11.8 Å². The maximum absolute atomic E-state index is 8.81. The zero-order chi connectivity index (χ0) is 12.8. The molecule has 3 heteroatoms. The summed E-state index contributed by atoms with van der Waals surface area (Å²) in [5, 5.41) is 12.1. The lowest BCUT2D eigenvalue weighted by molar-refractivity contribution is 0.414. The number of nitrogens with zero attached hydrogens (tertiary/aromatic N) is 1. The molecule has 0 aliphatic rings. The fourth-order valence-corrected chi connectivity index (χ4v) is 1.65. The number of rotatable bonds is 4. The van der Waals surface area contributed by atoms with Crippen LogP contribution in [0.25, 0.3) is 0 Å². The van der Waals surface area contributed by atoms with Gasteiger partial charge in [0, 0.05) is 12.2 Å². The van der Waals surface area contributed by atoms with Crippen molar-refractivity contribution in [2.75, 3.05) is 12.4 Å². The third kappa shape index (κ3) is 3.02. The minimum absolute atomic E-state index is 0.662. The molecule has 18 heavy (non-hydrogen) atoms. The fraction of sp³-hybridized carbons (Fsp3) is 0.133. The molecule has 2 aromatic carbocycles. The van der Waals surface area contributed by atoms with Gasteiger partial charge in [0.05, 0.1) is 18.7 Å². The Morgan fingerprint density at radius 1 is 1.17 bits per heavy atom. The molecule has 0 radical (unpaired) electrons. The molecular weight excluding hydrogens is 224 g/mol. The van der Waals surface area contributed by atoms with Gasteiger partial charge in [-0.1, -0.05) is 18.2 Å². The van der Waals surface area contributed by atoms with Gasteiger partial charge in [0.1, 0.15) is 5.75 Å². The molecule has 0 aliphatic heterocycles. The molecule has 0 atom stereocenters. The molecule has 1 N–H and O–H groups in total. The van der Waals surface area contributed by atoms with E-state index in [1.165, 1.54) is 0 Å². The van der Waals surface area contributed by atoms with Crippen LogP contribution in [0.15, 0.2) is 48.5 Å². The predicted octanol–water partition coefficient (Wildman–Crippen LogP) is 3.18. The normalized spacial score (nSPS) is 9.56. The highest BCUT2D eigenvalue weighted by molar-refractivity contribution is 5.49. The van der Waals surface area contributed by atoms with Crippen molar-refractivity contribution in [3.63, 3.8) is 0 Å². The standard InChI is InChI=1S/C15H14N2O/c1-18-15-7-5-12(6-8-15)11-17-14-4-2-3-13(9-14)10-16/h2-9,17H,11H2,1H3. The summed E-state index contributed by atoms with van der Waals surface area (Å²) in [5.74, 6) is 0.852. The Kier molecular flexibility index (Phi) is 3.83. The highest BCUT2D eigenvalue weighted by Gasteiger charge is 1.96. The van der Waals surface area contributed by atoms with E-state index in [0.29, 0.717) is 5.56 Å². The zero-order valence-electron chi connectivity index (χ0n) is 10.2. The maximum Gasteiger partial charge on any atom is 0.118 e. The molecule has 0 saturated heterocycles. The van der Waals surface area contributed by atoms with E-state index in [4.69, 9.17) is 10.00 Å². The Hall–Kier alpha value is -2.47. The van der Waals surface area contributed by atoms with E-state index >= 15 is 0 Å². The SMILES string of the molecule is COc1ccc(CNc2cccc(C#N)c2)cc1. The van der Waals surface area contributed by atoms with Crippen molar-refractivity contribution in [1.82, 2.24) is 0 Å². The third-order valence-electron chi connectivity index (χ3n) is 2.65. The molecule has 0 bridgehead atoms. The Morgan fingerprint density at radius 3 is 2.61 bits per heavy atom. The van der Waals surface area contributed by atoms with Crippen molar-refractivity contribution >= 4 is 5.69 Å². The van der Waals surface area contributed by atoms with Crippen molar-refractivity contribution < 1.29 is 4.74 Å². The van der Waals surface area contributed by atoms with Crippen molar-refractivity contribution in [3.05, 3.63) is 59.7 Å². The smallest absolute Gasteiger partial charge is 0.118 e. The van der Waals surface area contributed by atoms with E-state index in [1.54, 1.807) is 13.2 Å². The number of nitrogens with one attached hydrogen (secondary N) is 1. The minimum atomic E-state index is 0.662. The number of nitriles is 1. The van der Waals surface area contributed by atoms with E-state index in [2.05, 4.69) is 11.4 Å². The molecule has 2 rings (SSSR count). The highest BCUT2D eigenvalue weighted by Crippen LogP contribution is 2.14. The second-order valence-corrected chi connectivity index (χ2v) is 3.89. The summed E-state index contributed by atoms with van der Waals surface area (Å²) >= 11 is 0. The van der Waals surface area contributed by atoms with Crippen LogP contribution >= 0.6 is 0 Å². The van der Waals surface area contributed by atoms with Crippen LogP contribution < -0.4 is 10.1 Å². The van der Waals surface area contributed by atoms with E-state index in [9.17, 15) is 0 Å².